The number of carbonyl (C=O) groups is 1. The van der Waals surface area contributed by atoms with Gasteiger partial charge in [0.2, 0.25) is 5.91 Å². The normalized spacial score (nSPS) is 19.6. The Hall–Kier alpha value is -1.06. The summed E-state index contributed by atoms with van der Waals surface area (Å²) in [5.41, 5.74) is 7.08. The van der Waals surface area contributed by atoms with Gasteiger partial charge in [0.25, 0.3) is 0 Å². The summed E-state index contributed by atoms with van der Waals surface area (Å²) in [5, 5.41) is 3.28. The summed E-state index contributed by atoms with van der Waals surface area (Å²) < 4.78 is 0. The number of hydrogen-bond donors (Lipinski definition) is 2. The molecule has 1 aliphatic rings. The lowest BCUT2D eigenvalue weighted by molar-refractivity contribution is 0.0999. The van der Waals surface area contributed by atoms with Crippen molar-refractivity contribution in [3.8, 4) is 0 Å². The highest BCUT2D eigenvalue weighted by atomic mass is 35.5. The molecular formula is C11H15ClN2O. The molecule has 82 valence electrons. The van der Waals surface area contributed by atoms with Crippen LogP contribution in [0.25, 0.3) is 0 Å². The molecule has 1 amide bonds. The molecule has 0 aliphatic carbocycles. The summed E-state index contributed by atoms with van der Waals surface area (Å²) in [6.45, 7) is 1.97. The van der Waals surface area contributed by atoms with Gasteiger partial charge in [-0.15, -0.1) is 12.4 Å². The molecule has 1 aromatic rings. The zero-order valence-corrected chi connectivity index (χ0v) is 9.22. The van der Waals surface area contributed by atoms with E-state index >= 15 is 0 Å². The highest BCUT2D eigenvalue weighted by Gasteiger charge is 2.20. The number of amides is 1. The Morgan fingerprint density at radius 3 is 2.73 bits per heavy atom. The standard InChI is InChI=1S/C11H14N2O.ClH/c12-11(14)10-4-2-1-3-9(10)8-5-6-13-7-8;/h1-4,8,13H,5-7H2,(H2,12,14);1H/t8-;/m0./s1. The van der Waals surface area contributed by atoms with Gasteiger partial charge >= 0.3 is 0 Å². The summed E-state index contributed by atoms with van der Waals surface area (Å²) in [6.07, 6.45) is 1.09. The number of nitrogens with two attached hydrogens (primary N) is 1. The first-order valence-corrected chi connectivity index (χ1v) is 4.88. The first-order chi connectivity index (χ1) is 6.79. The second-order valence-electron chi connectivity index (χ2n) is 3.64. The summed E-state index contributed by atoms with van der Waals surface area (Å²) >= 11 is 0. The van der Waals surface area contributed by atoms with E-state index in [1.807, 2.05) is 18.2 Å². The van der Waals surface area contributed by atoms with E-state index in [9.17, 15) is 4.79 Å². The number of carbonyl (C=O) groups excluding carboxylic acids is 1. The first-order valence-electron chi connectivity index (χ1n) is 4.88. The van der Waals surface area contributed by atoms with Gasteiger partial charge in [-0.2, -0.15) is 0 Å². The maximum absolute atomic E-state index is 11.2. The molecule has 1 aliphatic heterocycles. The highest BCUT2D eigenvalue weighted by Crippen LogP contribution is 2.25. The van der Waals surface area contributed by atoms with Crippen LogP contribution in [0.5, 0.6) is 0 Å². The van der Waals surface area contributed by atoms with Gasteiger partial charge in [0.1, 0.15) is 0 Å². The molecule has 0 saturated carbocycles. The lowest BCUT2D eigenvalue weighted by Crippen LogP contribution is -2.16. The van der Waals surface area contributed by atoms with Crippen molar-refractivity contribution < 1.29 is 4.79 Å². The lowest BCUT2D eigenvalue weighted by atomic mass is 9.93. The molecule has 3 nitrogen and oxygen atoms in total. The van der Waals surface area contributed by atoms with Crippen LogP contribution in [0.1, 0.15) is 28.3 Å². The van der Waals surface area contributed by atoms with Crippen molar-refractivity contribution in [2.75, 3.05) is 13.1 Å². The largest absolute Gasteiger partial charge is 0.366 e. The van der Waals surface area contributed by atoms with Gasteiger partial charge < -0.3 is 11.1 Å². The minimum Gasteiger partial charge on any atom is -0.366 e. The van der Waals surface area contributed by atoms with Crippen molar-refractivity contribution in [3.63, 3.8) is 0 Å². The fourth-order valence-corrected chi connectivity index (χ4v) is 2.00. The summed E-state index contributed by atoms with van der Waals surface area (Å²) in [4.78, 5) is 11.2. The number of benzene rings is 1. The predicted molar refractivity (Wildman–Crippen MR) is 62.4 cm³/mol. The van der Waals surface area contributed by atoms with E-state index in [1.54, 1.807) is 6.07 Å². The number of rotatable bonds is 2. The third-order valence-electron chi connectivity index (χ3n) is 2.73. The van der Waals surface area contributed by atoms with E-state index < -0.39 is 0 Å². The van der Waals surface area contributed by atoms with Gasteiger partial charge in [-0.3, -0.25) is 4.79 Å². The van der Waals surface area contributed by atoms with E-state index in [2.05, 4.69) is 5.32 Å². The second kappa shape index (κ2) is 5.14. The molecule has 3 N–H and O–H groups in total. The van der Waals surface area contributed by atoms with Crippen LogP contribution in [-0.4, -0.2) is 19.0 Å². The molecule has 1 saturated heterocycles. The Morgan fingerprint density at radius 1 is 1.40 bits per heavy atom. The van der Waals surface area contributed by atoms with E-state index in [0.717, 1.165) is 25.1 Å². The van der Waals surface area contributed by atoms with Crippen molar-refractivity contribution in [2.24, 2.45) is 5.73 Å². The molecule has 0 bridgehead atoms. The van der Waals surface area contributed by atoms with Crippen molar-refractivity contribution in [2.45, 2.75) is 12.3 Å². The molecule has 1 atom stereocenters. The quantitative estimate of drug-likeness (QED) is 0.799. The maximum Gasteiger partial charge on any atom is 0.248 e. The van der Waals surface area contributed by atoms with Crippen molar-refractivity contribution in [3.05, 3.63) is 35.4 Å². The van der Waals surface area contributed by atoms with Gasteiger partial charge in [0.15, 0.2) is 0 Å². The zero-order valence-electron chi connectivity index (χ0n) is 8.40. The molecule has 1 heterocycles. The molecule has 0 unspecified atom stereocenters. The van der Waals surface area contributed by atoms with Crippen LogP contribution in [0.4, 0.5) is 0 Å². The van der Waals surface area contributed by atoms with Gasteiger partial charge in [-0.25, -0.2) is 0 Å². The van der Waals surface area contributed by atoms with Crippen molar-refractivity contribution >= 4 is 18.3 Å². The van der Waals surface area contributed by atoms with Crippen molar-refractivity contribution in [1.82, 2.24) is 5.32 Å². The number of nitrogens with one attached hydrogen (secondary N) is 1. The highest BCUT2D eigenvalue weighted by molar-refractivity contribution is 5.94. The topological polar surface area (TPSA) is 55.1 Å². The summed E-state index contributed by atoms with van der Waals surface area (Å²) in [7, 11) is 0. The molecule has 0 spiro atoms. The first kappa shape index (κ1) is 12.0. The summed E-state index contributed by atoms with van der Waals surface area (Å²) in [5.74, 6) is 0.117. The van der Waals surface area contributed by atoms with Crippen LogP contribution in [0.2, 0.25) is 0 Å². The van der Waals surface area contributed by atoms with Gasteiger partial charge in [-0.05, 0) is 30.5 Å². The zero-order chi connectivity index (χ0) is 9.97. The van der Waals surface area contributed by atoms with Crippen LogP contribution in [0.3, 0.4) is 0 Å². The van der Waals surface area contributed by atoms with E-state index in [4.69, 9.17) is 5.73 Å². The molecule has 4 heteroatoms. The molecule has 15 heavy (non-hydrogen) atoms. The second-order valence-corrected chi connectivity index (χ2v) is 3.64. The van der Waals surface area contributed by atoms with Crippen LogP contribution < -0.4 is 11.1 Å². The lowest BCUT2D eigenvalue weighted by Gasteiger charge is -2.11. The van der Waals surface area contributed by atoms with Crippen molar-refractivity contribution in [1.29, 1.82) is 0 Å². The Kier molecular flexibility index (Phi) is 4.12. The SMILES string of the molecule is Cl.NC(=O)c1ccccc1[C@H]1CCNC1. The average Bonchev–Trinajstić information content (AvgIpc) is 2.70. The smallest absolute Gasteiger partial charge is 0.248 e. The third-order valence-corrected chi connectivity index (χ3v) is 2.73. The molecule has 0 aromatic heterocycles. The molecule has 1 aromatic carbocycles. The number of hydrogen-bond acceptors (Lipinski definition) is 2. The fraction of sp³-hybridized carbons (Fsp3) is 0.364. The Balaban J connectivity index is 0.00000112. The average molecular weight is 227 g/mol. The summed E-state index contributed by atoms with van der Waals surface area (Å²) in [6, 6.07) is 7.61. The van der Waals surface area contributed by atoms with Gasteiger partial charge in [-0.1, -0.05) is 18.2 Å². The number of halogens is 1. The maximum atomic E-state index is 11.2. The molecule has 1 fully saturated rings. The minimum absolute atomic E-state index is 0. The Labute approximate surface area is 95.5 Å². The number of primary amides is 1. The Bertz CT molecular complexity index is 348. The fourth-order valence-electron chi connectivity index (χ4n) is 2.00. The van der Waals surface area contributed by atoms with Gasteiger partial charge in [0, 0.05) is 12.1 Å². The molecular weight excluding hydrogens is 212 g/mol. The molecule has 0 radical (unpaired) electrons. The van der Waals surface area contributed by atoms with Crippen LogP contribution in [-0.2, 0) is 0 Å². The van der Waals surface area contributed by atoms with Gasteiger partial charge in [0.05, 0.1) is 0 Å². The third kappa shape index (κ3) is 2.49. The van der Waals surface area contributed by atoms with E-state index in [-0.39, 0.29) is 18.3 Å². The Morgan fingerprint density at radius 2 is 2.13 bits per heavy atom. The van der Waals surface area contributed by atoms with Crippen LogP contribution >= 0.6 is 12.4 Å². The van der Waals surface area contributed by atoms with E-state index in [1.165, 1.54) is 0 Å². The monoisotopic (exact) mass is 226 g/mol. The van der Waals surface area contributed by atoms with E-state index in [0.29, 0.717) is 11.5 Å². The van der Waals surface area contributed by atoms with Crippen LogP contribution in [0, 0.1) is 0 Å². The predicted octanol–water partition coefficient (Wildman–Crippen LogP) is 1.28. The van der Waals surface area contributed by atoms with Crippen LogP contribution in [0.15, 0.2) is 24.3 Å². The minimum atomic E-state index is -0.326. The molecule has 2 rings (SSSR count).